The van der Waals surface area contributed by atoms with Gasteiger partial charge < -0.3 is 0 Å². The molecule has 45 heavy (non-hydrogen) atoms. The fourth-order valence-corrected chi connectivity index (χ4v) is 6.16. The van der Waals surface area contributed by atoms with E-state index in [0.29, 0.717) is 15.7 Å². The third-order valence-electron chi connectivity index (χ3n) is 6.83. The van der Waals surface area contributed by atoms with Crippen LogP contribution in [0.4, 0.5) is 8.78 Å². The summed E-state index contributed by atoms with van der Waals surface area (Å²) in [6.45, 7) is 0. The van der Waals surface area contributed by atoms with Crippen molar-refractivity contribution in [3.8, 4) is 33.6 Å². The zero-order chi connectivity index (χ0) is 31.9. The standard InChI is InChI=1S/C19H13ClFN3O2S.C13H7BrClFN2/c20-14-5-10-17-18(12-3-8-16(9-4-12)27(22,25)26)19(23-24(17)11-14)13-1-6-15(21)7-2-13;14-12-11-6-3-9(15)7-18(11)17-13(12)8-1-4-10(16)5-2-8/h1-11H,(H2,22,25,26);1-7H. The largest absolute Gasteiger partial charge is 0.238 e. The summed E-state index contributed by atoms with van der Waals surface area (Å²) in [5.74, 6) is -0.605. The van der Waals surface area contributed by atoms with Gasteiger partial charge in [-0.2, -0.15) is 10.2 Å². The Bertz CT molecular complexity index is 2290. The van der Waals surface area contributed by atoms with Crippen molar-refractivity contribution >= 4 is 60.2 Å². The fourth-order valence-electron chi connectivity index (χ4n) is 4.72. The number of nitrogens with two attached hydrogens (primary N) is 1. The van der Waals surface area contributed by atoms with E-state index in [-0.39, 0.29) is 16.5 Å². The van der Waals surface area contributed by atoms with Crippen LogP contribution in [0.25, 0.3) is 44.7 Å². The van der Waals surface area contributed by atoms with E-state index in [1.54, 1.807) is 70.0 Å². The van der Waals surface area contributed by atoms with E-state index in [9.17, 15) is 17.2 Å². The third kappa shape index (κ3) is 6.49. The van der Waals surface area contributed by atoms with Gasteiger partial charge >= 0.3 is 0 Å². The Balaban J connectivity index is 0.000000172. The summed E-state index contributed by atoms with van der Waals surface area (Å²) in [5, 5.41) is 15.3. The van der Waals surface area contributed by atoms with Crippen molar-refractivity contribution < 1.29 is 17.2 Å². The molecule has 4 heterocycles. The summed E-state index contributed by atoms with van der Waals surface area (Å²) >= 11 is 15.5. The minimum Gasteiger partial charge on any atom is -0.238 e. The van der Waals surface area contributed by atoms with Crippen LogP contribution in [0.1, 0.15) is 0 Å². The fraction of sp³-hybridized carbons (Fsp3) is 0. The Labute approximate surface area is 274 Å². The molecule has 0 saturated carbocycles. The average molecular weight is 727 g/mol. The SMILES string of the molecule is Fc1ccc(-c2nn3cc(Cl)ccc3c2Br)cc1.NS(=O)(=O)c1ccc(-c2c(-c3ccc(F)cc3)nn3cc(Cl)ccc23)cc1. The van der Waals surface area contributed by atoms with Gasteiger partial charge in [-0.05, 0) is 106 Å². The molecule has 7 rings (SSSR count). The lowest BCUT2D eigenvalue weighted by atomic mass is 10.00. The molecule has 226 valence electrons. The van der Waals surface area contributed by atoms with Crippen LogP contribution in [0.3, 0.4) is 0 Å². The predicted molar refractivity (Wildman–Crippen MR) is 176 cm³/mol. The molecule has 13 heteroatoms. The molecule has 0 aliphatic rings. The molecule has 3 aromatic carbocycles. The number of sulfonamides is 1. The van der Waals surface area contributed by atoms with Crippen LogP contribution in [0.5, 0.6) is 0 Å². The molecule has 0 unspecified atom stereocenters. The lowest BCUT2D eigenvalue weighted by Crippen LogP contribution is -2.11. The molecule has 7 aromatic rings. The highest BCUT2D eigenvalue weighted by molar-refractivity contribution is 9.10. The van der Waals surface area contributed by atoms with Crippen LogP contribution in [-0.2, 0) is 10.0 Å². The van der Waals surface area contributed by atoms with E-state index in [1.807, 2.05) is 12.1 Å². The monoisotopic (exact) mass is 725 g/mol. The molecular formula is C32H20BrCl2F2N5O2S. The summed E-state index contributed by atoms with van der Waals surface area (Å²) in [5.41, 5.74) is 6.18. The molecule has 0 fully saturated rings. The third-order valence-corrected chi connectivity index (χ3v) is 8.99. The van der Waals surface area contributed by atoms with Crippen molar-refractivity contribution in [1.82, 2.24) is 19.2 Å². The molecule has 0 spiro atoms. The van der Waals surface area contributed by atoms with E-state index in [0.717, 1.165) is 43.5 Å². The Hall–Kier alpha value is -4.13. The van der Waals surface area contributed by atoms with Gasteiger partial charge in [0.2, 0.25) is 10.0 Å². The second-order valence-corrected chi connectivity index (χ2v) is 13.1. The van der Waals surface area contributed by atoms with Crippen LogP contribution in [-0.4, -0.2) is 27.6 Å². The van der Waals surface area contributed by atoms with Gasteiger partial charge in [0.25, 0.3) is 0 Å². The maximum atomic E-state index is 13.3. The first-order valence-electron chi connectivity index (χ1n) is 13.1. The minimum absolute atomic E-state index is 0.0223. The Morgan fingerprint density at radius 3 is 1.60 bits per heavy atom. The molecule has 7 nitrogen and oxygen atoms in total. The summed E-state index contributed by atoms with van der Waals surface area (Å²) in [6.07, 6.45) is 3.40. The van der Waals surface area contributed by atoms with Gasteiger partial charge in [0, 0.05) is 29.1 Å². The molecule has 0 aliphatic carbocycles. The van der Waals surface area contributed by atoms with E-state index >= 15 is 0 Å². The first-order chi connectivity index (χ1) is 21.5. The highest BCUT2D eigenvalue weighted by atomic mass is 79.9. The van der Waals surface area contributed by atoms with Gasteiger partial charge in [-0.1, -0.05) is 35.3 Å². The second-order valence-electron chi connectivity index (χ2n) is 9.82. The summed E-state index contributed by atoms with van der Waals surface area (Å²) in [7, 11) is -3.78. The van der Waals surface area contributed by atoms with E-state index in [1.165, 1.54) is 36.4 Å². The molecule has 0 atom stereocenters. The summed E-state index contributed by atoms with van der Waals surface area (Å²) < 4.78 is 53.5. The van der Waals surface area contributed by atoms with Crippen LogP contribution in [0.15, 0.2) is 119 Å². The van der Waals surface area contributed by atoms with E-state index < -0.39 is 10.0 Å². The first kappa shape index (κ1) is 30.9. The average Bonchev–Trinajstić information content (AvgIpc) is 3.54. The van der Waals surface area contributed by atoms with Crippen molar-refractivity contribution in [1.29, 1.82) is 0 Å². The van der Waals surface area contributed by atoms with E-state index in [2.05, 4.69) is 26.1 Å². The molecule has 0 bridgehead atoms. The number of benzene rings is 3. The first-order valence-corrected chi connectivity index (χ1v) is 16.2. The second kappa shape index (κ2) is 12.3. The van der Waals surface area contributed by atoms with Crippen molar-refractivity contribution in [2.75, 3.05) is 0 Å². The number of fused-ring (bicyclic) bond motifs is 2. The number of pyridine rings is 2. The lowest BCUT2D eigenvalue weighted by Gasteiger charge is -2.05. The number of hydrogen-bond donors (Lipinski definition) is 1. The number of hydrogen-bond acceptors (Lipinski definition) is 4. The quantitative estimate of drug-likeness (QED) is 0.196. The molecule has 0 aliphatic heterocycles. The van der Waals surface area contributed by atoms with Crippen LogP contribution in [0, 0.1) is 11.6 Å². The predicted octanol–water partition coefficient (Wildman–Crippen LogP) is 8.66. The highest BCUT2D eigenvalue weighted by Gasteiger charge is 2.18. The van der Waals surface area contributed by atoms with Gasteiger partial charge in [-0.25, -0.2) is 31.4 Å². The number of aromatic nitrogens is 4. The molecule has 0 saturated heterocycles. The topological polar surface area (TPSA) is 94.8 Å². The number of halogens is 5. The number of nitrogens with zero attached hydrogens (tertiary/aromatic N) is 4. The Morgan fingerprint density at radius 1 is 0.622 bits per heavy atom. The normalized spacial score (nSPS) is 11.5. The number of rotatable bonds is 4. The molecule has 0 amide bonds. The molecular weight excluding hydrogens is 707 g/mol. The number of primary sulfonamides is 1. The Morgan fingerprint density at radius 2 is 1.07 bits per heavy atom. The van der Waals surface area contributed by atoms with Crippen molar-refractivity contribution in [2.45, 2.75) is 4.90 Å². The summed E-state index contributed by atoms with van der Waals surface area (Å²) in [6, 6.07) is 25.7. The van der Waals surface area contributed by atoms with Crippen molar-refractivity contribution in [3.63, 3.8) is 0 Å². The van der Waals surface area contributed by atoms with Gasteiger partial charge in [0.05, 0.1) is 30.4 Å². The van der Waals surface area contributed by atoms with E-state index in [4.69, 9.17) is 28.3 Å². The van der Waals surface area contributed by atoms with Crippen molar-refractivity contribution in [3.05, 3.63) is 136 Å². The lowest BCUT2D eigenvalue weighted by molar-refractivity contribution is 0.598. The molecule has 0 radical (unpaired) electrons. The van der Waals surface area contributed by atoms with Gasteiger partial charge in [0.15, 0.2) is 0 Å². The maximum absolute atomic E-state index is 13.3. The van der Waals surface area contributed by atoms with Crippen LogP contribution in [0.2, 0.25) is 10.0 Å². The smallest absolute Gasteiger partial charge is 0.238 e. The minimum atomic E-state index is -3.78. The van der Waals surface area contributed by atoms with Gasteiger partial charge in [-0.3, -0.25) is 0 Å². The van der Waals surface area contributed by atoms with Crippen molar-refractivity contribution in [2.24, 2.45) is 5.14 Å². The van der Waals surface area contributed by atoms with Crippen LogP contribution < -0.4 is 5.14 Å². The zero-order valence-corrected chi connectivity index (χ0v) is 26.8. The maximum Gasteiger partial charge on any atom is 0.238 e. The van der Waals surface area contributed by atoms with Crippen LogP contribution >= 0.6 is 39.1 Å². The Kier molecular flexibility index (Phi) is 8.47. The zero-order valence-electron chi connectivity index (χ0n) is 22.9. The molecule has 4 aromatic heterocycles. The van der Waals surface area contributed by atoms with Gasteiger partial charge in [-0.15, -0.1) is 0 Å². The molecule has 2 N–H and O–H groups in total. The summed E-state index contributed by atoms with van der Waals surface area (Å²) in [4.78, 5) is 0.0223. The highest BCUT2D eigenvalue weighted by Crippen LogP contribution is 2.36. The van der Waals surface area contributed by atoms with Gasteiger partial charge in [0.1, 0.15) is 23.0 Å².